The monoisotopic (exact) mass is 261 g/mol. The summed E-state index contributed by atoms with van der Waals surface area (Å²) >= 11 is 0. The van der Waals surface area contributed by atoms with Gasteiger partial charge in [-0.3, -0.25) is 0 Å². The van der Waals surface area contributed by atoms with Crippen LogP contribution in [0.25, 0.3) is 0 Å². The van der Waals surface area contributed by atoms with Crippen LogP contribution in [-0.2, 0) is 11.2 Å². The zero-order valence-electron chi connectivity index (χ0n) is 12.3. The van der Waals surface area contributed by atoms with Crippen LogP contribution < -0.4 is 5.32 Å². The van der Waals surface area contributed by atoms with Gasteiger partial charge in [0.05, 0.1) is 6.10 Å². The summed E-state index contributed by atoms with van der Waals surface area (Å²) in [4.78, 5) is 0. The second-order valence-electron chi connectivity index (χ2n) is 5.42. The third-order valence-corrected chi connectivity index (χ3v) is 4.01. The number of hydrogen-bond acceptors (Lipinski definition) is 2. The first-order valence-electron chi connectivity index (χ1n) is 7.77. The molecule has 1 fully saturated rings. The van der Waals surface area contributed by atoms with Crippen LogP contribution in [0.4, 0.5) is 0 Å². The van der Waals surface area contributed by atoms with Crippen LogP contribution in [0.5, 0.6) is 0 Å². The van der Waals surface area contributed by atoms with E-state index in [1.807, 2.05) is 0 Å². The summed E-state index contributed by atoms with van der Waals surface area (Å²) in [5.74, 6) is 0. The van der Waals surface area contributed by atoms with Crippen molar-refractivity contribution >= 4 is 0 Å². The molecule has 1 N–H and O–H groups in total. The minimum Gasteiger partial charge on any atom is -0.378 e. The van der Waals surface area contributed by atoms with Gasteiger partial charge in [-0.15, -0.1) is 0 Å². The van der Waals surface area contributed by atoms with E-state index in [9.17, 15) is 0 Å². The molecule has 19 heavy (non-hydrogen) atoms. The summed E-state index contributed by atoms with van der Waals surface area (Å²) in [6, 6.07) is 9.47. The van der Waals surface area contributed by atoms with Crippen molar-refractivity contribution in [1.29, 1.82) is 0 Å². The zero-order valence-corrected chi connectivity index (χ0v) is 12.3. The van der Waals surface area contributed by atoms with Gasteiger partial charge in [-0.1, -0.05) is 38.1 Å². The van der Waals surface area contributed by atoms with E-state index in [1.54, 1.807) is 0 Å². The Hall–Kier alpha value is -0.860. The molecule has 2 rings (SSSR count). The fourth-order valence-electron chi connectivity index (χ4n) is 2.89. The molecule has 0 bridgehead atoms. The number of aryl methyl sites for hydroxylation is 1. The third-order valence-electron chi connectivity index (χ3n) is 4.01. The minimum absolute atomic E-state index is 0.473. The number of nitrogens with one attached hydrogen (secondary N) is 1. The van der Waals surface area contributed by atoms with E-state index >= 15 is 0 Å². The first-order valence-corrected chi connectivity index (χ1v) is 7.77. The molecule has 0 radical (unpaired) electrons. The lowest BCUT2D eigenvalue weighted by Crippen LogP contribution is -2.22. The predicted molar refractivity (Wildman–Crippen MR) is 80.4 cm³/mol. The molecule has 0 amide bonds. The van der Waals surface area contributed by atoms with Gasteiger partial charge in [-0.2, -0.15) is 0 Å². The highest BCUT2D eigenvalue weighted by Gasteiger charge is 2.18. The lowest BCUT2D eigenvalue weighted by Gasteiger charge is -2.20. The summed E-state index contributed by atoms with van der Waals surface area (Å²) in [5, 5.41) is 3.62. The molecule has 0 aromatic heterocycles. The van der Waals surface area contributed by atoms with Gasteiger partial charge >= 0.3 is 0 Å². The second kappa shape index (κ2) is 7.66. The lowest BCUT2D eigenvalue weighted by atomic mass is 9.97. The molecule has 2 unspecified atom stereocenters. The van der Waals surface area contributed by atoms with Gasteiger partial charge in [0.15, 0.2) is 0 Å². The normalized spacial score (nSPS) is 20.6. The van der Waals surface area contributed by atoms with Crippen LogP contribution in [0.3, 0.4) is 0 Å². The Kier molecular flexibility index (Phi) is 5.87. The van der Waals surface area contributed by atoms with Crippen LogP contribution >= 0.6 is 0 Å². The summed E-state index contributed by atoms with van der Waals surface area (Å²) in [6.45, 7) is 6.38. The van der Waals surface area contributed by atoms with Crippen molar-refractivity contribution in [3.8, 4) is 0 Å². The van der Waals surface area contributed by atoms with E-state index in [-0.39, 0.29) is 0 Å². The molecule has 1 aromatic carbocycles. The van der Waals surface area contributed by atoms with Crippen molar-refractivity contribution in [2.75, 3.05) is 13.2 Å². The number of benzene rings is 1. The van der Waals surface area contributed by atoms with Crippen LogP contribution in [0, 0.1) is 0 Å². The first-order chi connectivity index (χ1) is 9.33. The zero-order chi connectivity index (χ0) is 13.5. The number of hydrogen-bond donors (Lipinski definition) is 1. The van der Waals surface area contributed by atoms with Gasteiger partial charge in [0.1, 0.15) is 0 Å². The summed E-state index contributed by atoms with van der Waals surface area (Å²) in [6.07, 6.45) is 6.43. The predicted octanol–water partition coefficient (Wildman–Crippen LogP) is 3.86. The first kappa shape index (κ1) is 14.5. The highest BCUT2D eigenvalue weighted by Crippen LogP contribution is 2.24. The maximum absolute atomic E-state index is 5.73. The van der Waals surface area contributed by atoms with E-state index in [1.165, 1.54) is 36.8 Å². The average Bonchev–Trinajstić information content (AvgIpc) is 2.97. The Morgan fingerprint density at radius 1 is 1.37 bits per heavy atom. The molecule has 0 saturated carbocycles. The topological polar surface area (TPSA) is 21.3 Å². The van der Waals surface area contributed by atoms with E-state index in [2.05, 4.69) is 43.4 Å². The molecule has 0 aliphatic carbocycles. The van der Waals surface area contributed by atoms with Crippen molar-refractivity contribution in [1.82, 2.24) is 5.32 Å². The molecular weight excluding hydrogens is 234 g/mol. The van der Waals surface area contributed by atoms with Crippen LogP contribution in [0.15, 0.2) is 24.3 Å². The van der Waals surface area contributed by atoms with E-state index in [0.717, 1.165) is 19.6 Å². The van der Waals surface area contributed by atoms with Gasteiger partial charge in [0.2, 0.25) is 0 Å². The Labute approximate surface area is 117 Å². The standard InChI is InChI=1S/C17H27NO/c1-3-14-7-5-8-15(13-14)17(18-4-2)11-10-16-9-6-12-19-16/h5,7-8,13,16-18H,3-4,6,9-12H2,1-2H3. The van der Waals surface area contributed by atoms with Gasteiger partial charge in [-0.05, 0) is 49.8 Å². The molecule has 2 atom stereocenters. The minimum atomic E-state index is 0.473. The highest BCUT2D eigenvalue weighted by atomic mass is 16.5. The summed E-state index contributed by atoms with van der Waals surface area (Å²) in [7, 11) is 0. The smallest absolute Gasteiger partial charge is 0.0576 e. The Balaban J connectivity index is 1.96. The van der Waals surface area contributed by atoms with Gasteiger partial charge in [-0.25, -0.2) is 0 Å². The molecule has 1 heterocycles. The molecular formula is C17H27NO. The molecule has 106 valence electrons. The largest absolute Gasteiger partial charge is 0.378 e. The lowest BCUT2D eigenvalue weighted by molar-refractivity contribution is 0.0996. The van der Waals surface area contributed by atoms with Gasteiger partial charge in [0, 0.05) is 12.6 Å². The molecule has 1 saturated heterocycles. The van der Waals surface area contributed by atoms with Crippen LogP contribution in [0.2, 0.25) is 0 Å². The SMILES string of the molecule is CCNC(CCC1CCCO1)c1cccc(CC)c1. The number of rotatable bonds is 7. The molecule has 1 aromatic rings. The Morgan fingerprint density at radius 3 is 2.95 bits per heavy atom. The van der Waals surface area contributed by atoms with Gasteiger partial charge in [0.25, 0.3) is 0 Å². The maximum Gasteiger partial charge on any atom is 0.0576 e. The fraction of sp³-hybridized carbons (Fsp3) is 0.647. The molecule has 1 aliphatic heterocycles. The maximum atomic E-state index is 5.73. The Morgan fingerprint density at radius 2 is 2.26 bits per heavy atom. The summed E-state index contributed by atoms with van der Waals surface area (Å²) in [5.41, 5.74) is 2.86. The number of ether oxygens (including phenoxy) is 1. The fourth-order valence-corrected chi connectivity index (χ4v) is 2.89. The third kappa shape index (κ3) is 4.32. The summed E-state index contributed by atoms with van der Waals surface area (Å²) < 4.78 is 5.73. The average molecular weight is 261 g/mol. The van der Waals surface area contributed by atoms with Crippen molar-refractivity contribution in [3.63, 3.8) is 0 Å². The Bertz CT molecular complexity index is 371. The van der Waals surface area contributed by atoms with Crippen molar-refractivity contribution in [2.24, 2.45) is 0 Å². The van der Waals surface area contributed by atoms with Crippen molar-refractivity contribution in [2.45, 2.75) is 58.1 Å². The molecule has 2 heteroatoms. The van der Waals surface area contributed by atoms with E-state index in [4.69, 9.17) is 4.74 Å². The van der Waals surface area contributed by atoms with E-state index in [0.29, 0.717) is 12.1 Å². The van der Waals surface area contributed by atoms with Crippen LogP contribution in [0.1, 0.15) is 56.7 Å². The van der Waals surface area contributed by atoms with Crippen molar-refractivity contribution in [3.05, 3.63) is 35.4 Å². The molecule has 1 aliphatic rings. The second-order valence-corrected chi connectivity index (χ2v) is 5.42. The molecule has 2 nitrogen and oxygen atoms in total. The van der Waals surface area contributed by atoms with E-state index < -0.39 is 0 Å². The quantitative estimate of drug-likeness (QED) is 0.804. The highest BCUT2D eigenvalue weighted by molar-refractivity contribution is 5.26. The molecule has 0 spiro atoms. The van der Waals surface area contributed by atoms with Crippen molar-refractivity contribution < 1.29 is 4.74 Å². The van der Waals surface area contributed by atoms with Crippen LogP contribution in [-0.4, -0.2) is 19.3 Å². The van der Waals surface area contributed by atoms with Gasteiger partial charge < -0.3 is 10.1 Å².